The van der Waals surface area contributed by atoms with Crippen molar-refractivity contribution in [3.05, 3.63) is 59.7 Å². The van der Waals surface area contributed by atoms with E-state index in [4.69, 9.17) is 5.26 Å². The Hall–Kier alpha value is -2.33. The van der Waals surface area contributed by atoms with Gasteiger partial charge in [-0.05, 0) is 49.2 Å². The molecule has 1 aliphatic rings. The molecule has 0 radical (unpaired) electrons. The summed E-state index contributed by atoms with van der Waals surface area (Å²) in [7, 11) is 0. The monoisotopic (exact) mass is 353 g/mol. The number of amides is 1. The van der Waals surface area contributed by atoms with Crippen molar-refractivity contribution in [2.75, 3.05) is 5.32 Å². The zero-order chi connectivity index (χ0) is 17.6. The second kappa shape index (κ2) is 8.17. The van der Waals surface area contributed by atoms with Gasteiger partial charge in [0.05, 0.1) is 29.0 Å². The van der Waals surface area contributed by atoms with E-state index < -0.39 is 11.4 Å². The molecule has 0 heterocycles. The van der Waals surface area contributed by atoms with Crippen LogP contribution in [-0.4, -0.2) is 16.5 Å². The topological polar surface area (TPSA) is 88.0 Å². The number of benzene rings is 2. The molecule has 1 saturated carbocycles. The summed E-state index contributed by atoms with van der Waals surface area (Å²) in [6.45, 7) is 0. The number of hydrogen-bond donors (Lipinski definition) is 2. The largest absolute Gasteiger partial charge is 0.593 e. The zero-order valence-corrected chi connectivity index (χ0v) is 14.5. The molecule has 0 saturated heterocycles. The van der Waals surface area contributed by atoms with Crippen molar-refractivity contribution in [1.82, 2.24) is 4.72 Å². The van der Waals surface area contributed by atoms with E-state index in [0.29, 0.717) is 21.7 Å². The highest BCUT2D eigenvalue weighted by Gasteiger charge is 2.22. The lowest BCUT2D eigenvalue weighted by molar-refractivity contribution is 0.102. The lowest BCUT2D eigenvalue weighted by Crippen LogP contribution is -2.32. The first-order chi connectivity index (χ1) is 12.2. The van der Waals surface area contributed by atoms with Gasteiger partial charge >= 0.3 is 0 Å². The third kappa shape index (κ3) is 4.60. The second-order valence-electron chi connectivity index (χ2n) is 6.04. The van der Waals surface area contributed by atoms with Gasteiger partial charge < -0.3 is 9.87 Å². The second-order valence-corrected chi connectivity index (χ2v) is 7.28. The highest BCUT2D eigenvalue weighted by molar-refractivity contribution is 7.89. The van der Waals surface area contributed by atoms with E-state index in [9.17, 15) is 9.35 Å². The maximum Gasteiger partial charge on any atom is 0.255 e. The van der Waals surface area contributed by atoms with Crippen LogP contribution in [0.5, 0.6) is 0 Å². The zero-order valence-electron chi connectivity index (χ0n) is 13.7. The number of rotatable bonds is 5. The number of nitrogens with one attached hydrogen (secondary N) is 2. The molecule has 0 spiro atoms. The van der Waals surface area contributed by atoms with Crippen molar-refractivity contribution in [3.63, 3.8) is 0 Å². The van der Waals surface area contributed by atoms with E-state index in [1.807, 2.05) is 6.07 Å². The summed E-state index contributed by atoms with van der Waals surface area (Å²) in [6.07, 6.45) is 4.43. The van der Waals surface area contributed by atoms with Crippen LogP contribution in [0.15, 0.2) is 53.4 Å². The third-order valence-electron chi connectivity index (χ3n) is 4.21. The van der Waals surface area contributed by atoms with Crippen molar-refractivity contribution in [1.29, 1.82) is 5.26 Å². The summed E-state index contributed by atoms with van der Waals surface area (Å²) in [4.78, 5) is 13.0. The summed E-state index contributed by atoms with van der Waals surface area (Å²) in [6, 6.07) is 15.8. The molecule has 1 atom stereocenters. The summed E-state index contributed by atoms with van der Waals surface area (Å²) < 4.78 is 15.6. The van der Waals surface area contributed by atoms with Gasteiger partial charge in [-0.3, -0.25) is 4.79 Å². The van der Waals surface area contributed by atoms with Crippen LogP contribution in [0.25, 0.3) is 0 Å². The van der Waals surface area contributed by atoms with Crippen LogP contribution in [0.2, 0.25) is 0 Å². The van der Waals surface area contributed by atoms with Gasteiger partial charge in [-0.2, -0.15) is 5.26 Å². The lowest BCUT2D eigenvalue weighted by Gasteiger charge is -2.15. The lowest BCUT2D eigenvalue weighted by atomic mass is 10.2. The van der Waals surface area contributed by atoms with Crippen molar-refractivity contribution in [3.8, 4) is 6.07 Å². The molecule has 1 unspecified atom stereocenters. The molecule has 5 nitrogen and oxygen atoms in total. The van der Waals surface area contributed by atoms with Gasteiger partial charge in [0.15, 0.2) is 4.90 Å². The molecule has 25 heavy (non-hydrogen) atoms. The van der Waals surface area contributed by atoms with E-state index in [2.05, 4.69) is 10.0 Å². The van der Waals surface area contributed by atoms with Gasteiger partial charge in [0.1, 0.15) is 0 Å². The van der Waals surface area contributed by atoms with Crippen molar-refractivity contribution in [2.45, 2.75) is 36.6 Å². The van der Waals surface area contributed by atoms with Crippen LogP contribution in [0, 0.1) is 11.3 Å². The SMILES string of the molecule is N#Cc1ccc(NC(=O)c2cccc([S+]([O-])NC3CCCC3)c2)cc1. The minimum absolute atomic E-state index is 0.274. The number of carbonyl (C=O) groups excluding carboxylic acids is 1. The third-order valence-corrected chi connectivity index (χ3v) is 5.44. The standard InChI is InChI=1S/C19H19N3O2S/c20-13-14-8-10-16(11-9-14)21-19(23)15-4-3-7-18(12-15)25(24)22-17-5-1-2-6-17/h3-4,7-12,17,22H,1-2,5-6H2,(H,21,23). The van der Waals surface area contributed by atoms with Crippen LogP contribution in [0.4, 0.5) is 5.69 Å². The molecule has 128 valence electrons. The predicted molar refractivity (Wildman–Crippen MR) is 97.4 cm³/mol. The minimum atomic E-state index is -1.32. The Morgan fingerprint density at radius 1 is 1.16 bits per heavy atom. The van der Waals surface area contributed by atoms with E-state index in [1.54, 1.807) is 48.5 Å². The number of nitriles is 1. The molecular formula is C19H19N3O2S. The number of carbonyl (C=O) groups is 1. The Morgan fingerprint density at radius 3 is 2.56 bits per heavy atom. The van der Waals surface area contributed by atoms with E-state index in [0.717, 1.165) is 12.8 Å². The molecule has 2 aromatic carbocycles. The smallest absolute Gasteiger partial charge is 0.255 e. The summed E-state index contributed by atoms with van der Waals surface area (Å²) in [5.74, 6) is -0.274. The van der Waals surface area contributed by atoms with Crippen molar-refractivity contribution >= 4 is 23.0 Å². The first kappa shape index (κ1) is 17.5. The normalized spacial score (nSPS) is 15.5. The molecule has 1 amide bonds. The van der Waals surface area contributed by atoms with Crippen molar-refractivity contribution in [2.24, 2.45) is 0 Å². The fourth-order valence-corrected chi connectivity index (χ4v) is 3.96. The molecule has 0 aromatic heterocycles. The Morgan fingerprint density at radius 2 is 1.88 bits per heavy atom. The number of anilines is 1. The Balaban J connectivity index is 1.67. The van der Waals surface area contributed by atoms with Crippen LogP contribution in [0.3, 0.4) is 0 Å². The summed E-state index contributed by atoms with van der Waals surface area (Å²) in [5, 5.41) is 11.6. The Bertz CT molecular complexity index is 780. The van der Waals surface area contributed by atoms with E-state index in [-0.39, 0.29) is 11.9 Å². The van der Waals surface area contributed by atoms with Gasteiger partial charge in [-0.15, -0.1) is 4.72 Å². The number of hydrogen-bond acceptors (Lipinski definition) is 4. The first-order valence-electron chi connectivity index (χ1n) is 8.25. The quantitative estimate of drug-likeness (QED) is 0.807. The highest BCUT2D eigenvalue weighted by atomic mass is 32.2. The average molecular weight is 353 g/mol. The molecule has 0 aliphatic heterocycles. The predicted octanol–water partition coefficient (Wildman–Crippen LogP) is 3.37. The van der Waals surface area contributed by atoms with E-state index >= 15 is 0 Å². The molecule has 2 aromatic rings. The first-order valence-corrected chi connectivity index (χ1v) is 9.40. The molecule has 1 aliphatic carbocycles. The van der Waals surface area contributed by atoms with E-state index in [1.165, 1.54) is 12.8 Å². The minimum Gasteiger partial charge on any atom is -0.593 e. The van der Waals surface area contributed by atoms with Crippen molar-refractivity contribution < 1.29 is 9.35 Å². The van der Waals surface area contributed by atoms with Crippen LogP contribution >= 0.6 is 0 Å². The molecule has 0 bridgehead atoms. The average Bonchev–Trinajstić information content (AvgIpc) is 3.15. The van der Waals surface area contributed by atoms with Crippen LogP contribution in [-0.2, 0) is 11.4 Å². The van der Waals surface area contributed by atoms with Crippen LogP contribution in [0.1, 0.15) is 41.6 Å². The molecule has 1 fully saturated rings. The summed E-state index contributed by atoms with van der Waals surface area (Å²) in [5.41, 5.74) is 1.59. The summed E-state index contributed by atoms with van der Waals surface area (Å²) >= 11 is -1.32. The molecule has 2 N–H and O–H groups in total. The Labute approximate surface area is 150 Å². The van der Waals surface area contributed by atoms with Crippen LogP contribution < -0.4 is 10.0 Å². The molecule has 6 heteroatoms. The fourth-order valence-electron chi connectivity index (χ4n) is 2.85. The molecular weight excluding hydrogens is 334 g/mol. The maximum absolute atomic E-state index is 12.4. The van der Waals surface area contributed by atoms with Gasteiger partial charge in [0.25, 0.3) is 5.91 Å². The van der Waals surface area contributed by atoms with Gasteiger partial charge in [-0.1, -0.05) is 18.9 Å². The Kier molecular flexibility index (Phi) is 5.71. The fraction of sp³-hybridized carbons (Fsp3) is 0.263. The van der Waals surface area contributed by atoms with Gasteiger partial charge in [-0.25, -0.2) is 0 Å². The maximum atomic E-state index is 12.4. The van der Waals surface area contributed by atoms with Gasteiger partial charge in [0.2, 0.25) is 0 Å². The van der Waals surface area contributed by atoms with Gasteiger partial charge in [0, 0.05) is 17.3 Å². The molecule has 3 rings (SSSR count). The number of nitrogens with zero attached hydrogens (tertiary/aromatic N) is 1. The highest BCUT2D eigenvalue weighted by Crippen LogP contribution is 2.21.